The van der Waals surface area contributed by atoms with Gasteiger partial charge in [0.05, 0.1) is 18.1 Å². The molecular weight excluding hydrogens is 479 g/mol. The first-order chi connectivity index (χ1) is 16.9. The molecule has 3 aromatic rings. The Kier molecular flexibility index (Phi) is 8.51. The zero-order chi connectivity index (χ0) is 26.6. The van der Waals surface area contributed by atoms with Crippen LogP contribution in [-0.2, 0) is 15.7 Å². The fourth-order valence-corrected chi connectivity index (χ4v) is 4.06. The number of benzene rings is 3. The van der Waals surface area contributed by atoms with Gasteiger partial charge in [0, 0.05) is 6.07 Å². The van der Waals surface area contributed by atoms with Crippen LogP contribution in [0.25, 0.3) is 11.1 Å². The van der Waals surface area contributed by atoms with E-state index in [-0.39, 0.29) is 23.7 Å². The molecule has 0 saturated carbocycles. The largest absolute Gasteiger partial charge is 0.466 e. The van der Waals surface area contributed by atoms with Crippen LogP contribution >= 0.6 is 0 Å². The molecule has 0 aliphatic carbocycles. The van der Waals surface area contributed by atoms with Gasteiger partial charge in [-0.3, -0.25) is 4.79 Å². The normalized spacial score (nSPS) is 13.5. The Morgan fingerprint density at radius 2 is 1.42 bits per heavy atom. The molecule has 0 aromatic heterocycles. The minimum atomic E-state index is -4.50. The molecule has 0 fully saturated rings. The molecule has 0 spiro atoms. The van der Waals surface area contributed by atoms with E-state index < -0.39 is 41.4 Å². The standard InChI is InChI=1S/C28H27F5O3/c1-4-36-27(35)25(9-16(2)3)19-10-18(17-5-7-22(8-6-17)28(31,32)33)11-20(12-19)26(34)21-13-23(29)15-24(30)14-21/h5-8,10-16,25-26,34H,4,9H2,1-3H3. The van der Waals surface area contributed by atoms with Gasteiger partial charge in [0.25, 0.3) is 0 Å². The molecule has 0 amide bonds. The quantitative estimate of drug-likeness (QED) is 0.255. The summed E-state index contributed by atoms with van der Waals surface area (Å²) in [5.74, 6) is -2.83. The van der Waals surface area contributed by atoms with Crippen molar-refractivity contribution >= 4 is 5.97 Å². The number of alkyl halides is 3. The summed E-state index contributed by atoms with van der Waals surface area (Å²) in [6.07, 6.45) is -5.54. The monoisotopic (exact) mass is 506 g/mol. The van der Waals surface area contributed by atoms with Crippen LogP contribution in [0.2, 0.25) is 0 Å². The molecule has 2 unspecified atom stereocenters. The van der Waals surface area contributed by atoms with Crippen molar-refractivity contribution in [3.8, 4) is 11.1 Å². The number of hydrogen-bond acceptors (Lipinski definition) is 3. The minimum Gasteiger partial charge on any atom is -0.466 e. The van der Waals surface area contributed by atoms with Crippen molar-refractivity contribution in [2.75, 3.05) is 6.61 Å². The van der Waals surface area contributed by atoms with Crippen LogP contribution in [0.15, 0.2) is 60.7 Å². The summed E-state index contributed by atoms with van der Waals surface area (Å²) >= 11 is 0. The molecule has 192 valence electrons. The van der Waals surface area contributed by atoms with Crippen LogP contribution in [-0.4, -0.2) is 17.7 Å². The Labute approximate surface area is 206 Å². The number of rotatable bonds is 8. The SMILES string of the molecule is CCOC(=O)C(CC(C)C)c1cc(-c2ccc(C(F)(F)F)cc2)cc(C(O)c2cc(F)cc(F)c2)c1. The smallest absolute Gasteiger partial charge is 0.416 e. The third-order valence-electron chi connectivity index (χ3n) is 5.72. The number of aliphatic hydroxyl groups excluding tert-OH is 1. The predicted octanol–water partition coefficient (Wildman–Crippen LogP) is 7.43. The molecule has 0 radical (unpaired) electrons. The van der Waals surface area contributed by atoms with E-state index in [1.54, 1.807) is 19.1 Å². The average Bonchev–Trinajstić information content (AvgIpc) is 2.80. The fourth-order valence-electron chi connectivity index (χ4n) is 4.06. The second-order valence-corrected chi connectivity index (χ2v) is 9.00. The zero-order valence-electron chi connectivity index (χ0n) is 20.1. The van der Waals surface area contributed by atoms with Crippen molar-refractivity contribution in [3.05, 3.63) is 94.6 Å². The van der Waals surface area contributed by atoms with E-state index in [0.717, 1.165) is 24.3 Å². The average molecular weight is 507 g/mol. The summed E-state index contributed by atoms with van der Waals surface area (Å²) in [7, 11) is 0. The third-order valence-corrected chi connectivity index (χ3v) is 5.72. The Morgan fingerprint density at radius 3 is 1.94 bits per heavy atom. The molecule has 0 bridgehead atoms. The van der Waals surface area contributed by atoms with Crippen LogP contribution in [0.1, 0.15) is 61.5 Å². The molecule has 0 heterocycles. The number of halogens is 5. The molecule has 36 heavy (non-hydrogen) atoms. The minimum absolute atomic E-state index is 0.0421. The highest BCUT2D eigenvalue weighted by Gasteiger charge is 2.30. The van der Waals surface area contributed by atoms with Crippen LogP contribution in [0.3, 0.4) is 0 Å². The van der Waals surface area contributed by atoms with Gasteiger partial charge in [-0.2, -0.15) is 13.2 Å². The number of carbonyl (C=O) groups is 1. The van der Waals surface area contributed by atoms with Gasteiger partial charge in [-0.05, 0) is 77.4 Å². The lowest BCUT2D eigenvalue weighted by molar-refractivity contribution is -0.145. The molecule has 3 rings (SSSR count). The van der Waals surface area contributed by atoms with Crippen LogP contribution in [0, 0.1) is 17.6 Å². The summed E-state index contributed by atoms with van der Waals surface area (Å²) in [5.41, 5.74) is 0.693. The summed E-state index contributed by atoms with van der Waals surface area (Å²) < 4.78 is 72.0. The predicted molar refractivity (Wildman–Crippen MR) is 126 cm³/mol. The maximum absolute atomic E-state index is 13.8. The van der Waals surface area contributed by atoms with E-state index in [2.05, 4.69) is 0 Å². The van der Waals surface area contributed by atoms with Crippen molar-refractivity contribution in [2.24, 2.45) is 5.92 Å². The van der Waals surface area contributed by atoms with E-state index in [4.69, 9.17) is 4.74 Å². The highest BCUT2D eigenvalue weighted by Crippen LogP contribution is 2.36. The van der Waals surface area contributed by atoms with Crippen molar-refractivity contribution in [1.82, 2.24) is 0 Å². The first kappa shape index (κ1) is 27.3. The van der Waals surface area contributed by atoms with Crippen LogP contribution in [0.4, 0.5) is 22.0 Å². The van der Waals surface area contributed by atoms with Gasteiger partial charge in [-0.1, -0.05) is 38.1 Å². The van der Waals surface area contributed by atoms with Crippen molar-refractivity contribution in [3.63, 3.8) is 0 Å². The van der Waals surface area contributed by atoms with Gasteiger partial charge in [-0.15, -0.1) is 0 Å². The van der Waals surface area contributed by atoms with Gasteiger partial charge in [0.15, 0.2) is 0 Å². The third kappa shape index (κ3) is 6.69. The number of ether oxygens (including phenoxy) is 1. The van der Waals surface area contributed by atoms with Crippen molar-refractivity contribution in [2.45, 2.75) is 45.4 Å². The maximum atomic E-state index is 13.8. The lowest BCUT2D eigenvalue weighted by atomic mass is 9.85. The van der Waals surface area contributed by atoms with Crippen molar-refractivity contribution < 1.29 is 36.6 Å². The van der Waals surface area contributed by atoms with Gasteiger partial charge < -0.3 is 9.84 Å². The first-order valence-electron chi connectivity index (χ1n) is 11.5. The summed E-state index contributed by atoms with van der Waals surface area (Å²) in [6, 6.07) is 11.9. The van der Waals surface area contributed by atoms with E-state index >= 15 is 0 Å². The number of hydrogen-bond donors (Lipinski definition) is 1. The molecule has 0 aliphatic heterocycles. The summed E-state index contributed by atoms with van der Waals surface area (Å²) in [4.78, 5) is 12.8. The fraction of sp³-hybridized carbons (Fsp3) is 0.321. The molecular formula is C28H27F5O3. The van der Waals surface area contributed by atoms with Gasteiger partial charge >= 0.3 is 12.1 Å². The molecule has 3 nitrogen and oxygen atoms in total. The Balaban J connectivity index is 2.17. The summed E-state index contributed by atoms with van der Waals surface area (Å²) in [6.45, 7) is 5.69. The topological polar surface area (TPSA) is 46.5 Å². The van der Waals surface area contributed by atoms with Gasteiger partial charge in [0.2, 0.25) is 0 Å². The van der Waals surface area contributed by atoms with Gasteiger partial charge in [0.1, 0.15) is 17.7 Å². The lowest BCUT2D eigenvalue weighted by Crippen LogP contribution is -2.18. The Morgan fingerprint density at radius 1 is 0.861 bits per heavy atom. The molecule has 0 aliphatic rings. The van der Waals surface area contributed by atoms with E-state index in [1.165, 1.54) is 18.2 Å². The van der Waals surface area contributed by atoms with Crippen LogP contribution in [0.5, 0.6) is 0 Å². The van der Waals surface area contributed by atoms with Gasteiger partial charge in [-0.25, -0.2) is 8.78 Å². The number of aliphatic hydroxyl groups is 1. The first-order valence-corrected chi connectivity index (χ1v) is 11.5. The second-order valence-electron chi connectivity index (χ2n) is 9.00. The Bertz CT molecular complexity index is 1180. The molecule has 3 aromatic carbocycles. The molecule has 8 heteroatoms. The molecule has 1 N–H and O–H groups in total. The second kappa shape index (κ2) is 11.2. The van der Waals surface area contributed by atoms with Crippen molar-refractivity contribution in [1.29, 1.82) is 0 Å². The number of carbonyl (C=O) groups excluding carboxylic acids is 1. The number of esters is 1. The molecule has 2 atom stereocenters. The summed E-state index contributed by atoms with van der Waals surface area (Å²) in [5, 5.41) is 11.0. The van der Waals surface area contributed by atoms with E-state index in [0.29, 0.717) is 29.2 Å². The lowest BCUT2D eigenvalue weighted by Gasteiger charge is -2.22. The zero-order valence-corrected chi connectivity index (χ0v) is 20.1. The highest BCUT2D eigenvalue weighted by molar-refractivity contribution is 5.79. The molecule has 0 saturated heterocycles. The van der Waals surface area contributed by atoms with E-state index in [1.807, 2.05) is 13.8 Å². The maximum Gasteiger partial charge on any atom is 0.416 e. The van der Waals surface area contributed by atoms with Crippen LogP contribution < -0.4 is 0 Å². The highest BCUT2D eigenvalue weighted by atomic mass is 19.4. The Hall–Kier alpha value is -3.26. The van der Waals surface area contributed by atoms with E-state index in [9.17, 15) is 31.9 Å².